The van der Waals surface area contributed by atoms with Crippen LogP contribution in [-0.2, 0) is 9.59 Å². The van der Waals surface area contributed by atoms with Crippen molar-refractivity contribution >= 4 is 11.7 Å². The maximum atomic E-state index is 12.1. The van der Waals surface area contributed by atoms with Crippen LogP contribution >= 0.6 is 0 Å². The lowest BCUT2D eigenvalue weighted by atomic mass is 9.88. The van der Waals surface area contributed by atoms with Crippen LogP contribution < -0.4 is 0 Å². The molecule has 17 heavy (non-hydrogen) atoms. The van der Waals surface area contributed by atoms with E-state index in [4.69, 9.17) is 0 Å². The lowest BCUT2D eigenvalue weighted by Gasteiger charge is -2.45. The number of ketones is 1. The van der Waals surface area contributed by atoms with Crippen molar-refractivity contribution in [3.8, 4) is 0 Å². The van der Waals surface area contributed by atoms with Crippen LogP contribution in [0.15, 0.2) is 0 Å². The minimum Gasteiger partial charge on any atom is -0.343 e. The fraction of sp³-hybridized carbons (Fsp3) is 0.846. The maximum absolute atomic E-state index is 12.1. The van der Waals surface area contributed by atoms with Crippen molar-refractivity contribution in [1.82, 2.24) is 9.80 Å². The highest BCUT2D eigenvalue weighted by Gasteiger charge is 2.41. The van der Waals surface area contributed by atoms with Gasteiger partial charge in [-0.2, -0.15) is 0 Å². The van der Waals surface area contributed by atoms with E-state index in [0.717, 1.165) is 6.54 Å². The number of piperazine rings is 1. The Morgan fingerprint density at radius 1 is 1.29 bits per heavy atom. The molecule has 0 saturated carbocycles. The molecule has 0 spiro atoms. The van der Waals surface area contributed by atoms with Crippen molar-refractivity contribution in [3.05, 3.63) is 0 Å². The van der Waals surface area contributed by atoms with Crippen molar-refractivity contribution in [2.24, 2.45) is 5.41 Å². The van der Waals surface area contributed by atoms with Gasteiger partial charge in [0.25, 0.3) is 0 Å². The summed E-state index contributed by atoms with van der Waals surface area (Å²) in [5.41, 5.74) is -0.920. The van der Waals surface area contributed by atoms with Gasteiger partial charge in [-0.3, -0.25) is 14.5 Å². The third kappa shape index (κ3) is 2.86. The topological polar surface area (TPSA) is 40.6 Å². The first-order valence-electron chi connectivity index (χ1n) is 6.10. The Labute approximate surface area is 104 Å². The van der Waals surface area contributed by atoms with Crippen LogP contribution in [0.2, 0.25) is 0 Å². The van der Waals surface area contributed by atoms with E-state index in [1.807, 2.05) is 46.6 Å². The van der Waals surface area contributed by atoms with E-state index in [-0.39, 0.29) is 17.1 Å². The smallest absolute Gasteiger partial charge is 0.242 e. The van der Waals surface area contributed by atoms with E-state index in [0.29, 0.717) is 13.1 Å². The van der Waals surface area contributed by atoms with E-state index in [1.54, 1.807) is 4.90 Å². The third-order valence-corrected chi connectivity index (χ3v) is 3.54. The summed E-state index contributed by atoms with van der Waals surface area (Å²) in [5.74, 6) is 0.272. The molecule has 0 bridgehead atoms. The highest BCUT2D eigenvalue weighted by atomic mass is 16.2. The van der Waals surface area contributed by atoms with Gasteiger partial charge in [0.15, 0.2) is 5.78 Å². The van der Waals surface area contributed by atoms with Gasteiger partial charge in [-0.1, -0.05) is 20.8 Å². The molecule has 1 amide bonds. The summed E-state index contributed by atoms with van der Waals surface area (Å²) in [6.45, 7) is 11.3. The van der Waals surface area contributed by atoms with Gasteiger partial charge in [-0.05, 0) is 13.8 Å². The predicted octanol–water partition coefficient (Wildman–Crippen LogP) is 1.15. The number of rotatable bonds is 2. The summed E-state index contributed by atoms with van der Waals surface area (Å²) in [6, 6.07) is 0. The second kappa shape index (κ2) is 4.41. The lowest BCUT2D eigenvalue weighted by molar-refractivity contribution is -0.149. The van der Waals surface area contributed by atoms with Gasteiger partial charge in [0.2, 0.25) is 5.91 Å². The molecule has 0 aromatic carbocycles. The molecule has 0 aromatic rings. The van der Waals surface area contributed by atoms with Gasteiger partial charge in [0, 0.05) is 25.6 Å². The van der Waals surface area contributed by atoms with E-state index < -0.39 is 5.54 Å². The Morgan fingerprint density at radius 2 is 1.82 bits per heavy atom. The SMILES string of the molecule is CN1CCN(CC(=O)C(C)(C)C)C(C)(C)C1=O. The predicted molar refractivity (Wildman–Crippen MR) is 67.8 cm³/mol. The van der Waals surface area contributed by atoms with Gasteiger partial charge in [0.1, 0.15) is 0 Å². The van der Waals surface area contributed by atoms with Crippen LogP contribution in [-0.4, -0.2) is 53.7 Å². The number of carbonyl (C=O) groups is 2. The van der Waals surface area contributed by atoms with Crippen LogP contribution in [0.4, 0.5) is 0 Å². The molecule has 0 aliphatic carbocycles. The van der Waals surface area contributed by atoms with Crippen LogP contribution in [0.5, 0.6) is 0 Å². The summed E-state index contributed by atoms with van der Waals surface area (Å²) >= 11 is 0. The molecular weight excluding hydrogens is 216 g/mol. The maximum Gasteiger partial charge on any atom is 0.242 e. The normalized spacial score (nSPS) is 21.8. The zero-order valence-corrected chi connectivity index (χ0v) is 11.8. The number of nitrogens with zero attached hydrogens (tertiary/aromatic N) is 2. The first-order valence-corrected chi connectivity index (χ1v) is 6.10. The second-order valence-electron chi connectivity index (χ2n) is 6.38. The fourth-order valence-corrected chi connectivity index (χ4v) is 1.94. The van der Waals surface area contributed by atoms with Crippen LogP contribution in [0.3, 0.4) is 0 Å². The van der Waals surface area contributed by atoms with E-state index in [1.165, 1.54) is 0 Å². The largest absolute Gasteiger partial charge is 0.343 e. The molecule has 1 aliphatic heterocycles. The minimum atomic E-state index is -0.575. The molecule has 0 N–H and O–H groups in total. The molecule has 0 radical (unpaired) electrons. The summed E-state index contributed by atoms with van der Waals surface area (Å²) in [7, 11) is 1.81. The quantitative estimate of drug-likeness (QED) is 0.727. The molecule has 1 heterocycles. The zero-order chi connectivity index (χ0) is 13.4. The zero-order valence-electron chi connectivity index (χ0n) is 11.8. The number of amides is 1. The van der Waals surface area contributed by atoms with Crippen LogP contribution in [0.1, 0.15) is 34.6 Å². The van der Waals surface area contributed by atoms with Gasteiger partial charge >= 0.3 is 0 Å². The first kappa shape index (κ1) is 14.2. The molecule has 0 aromatic heterocycles. The lowest BCUT2D eigenvalue weighted by Crippen LogP contribution is -2.63. The van der Waals surface area contributed by atoms with E-state index >= 15 is 0 Å². The number of Topliss-reactive ketones (excluding diaryl/α,β-unsaturated/α-hetero) is 1. The highest BCUT2D eigenvalue weighted by molar-refractivity contribution is 5.89. The summed E-state index contributed by atoms with van der Waals surface area (Å²) in [4.78, 5) is 27.8. The standard InChI is InChI=1S/C13H24N2O2/c1-12(2,3)10(16)9-15-8-7-14(6)11(17)13(15,4)5/h7-9H2,1-6H3. The fourth-order valence-electron chi connectivity index (χ4n) is 1.94. The molecule has 4 nitrogen and oxygen atoms in total. The van der Waals surface area contributed by atoms with Crippen molar-refractivity contribution in [2.45, 2.75) is 40.2 Å². The van der Waals surface area contributed by atoms with Crippen LogP contribution in [0, 0.1) is 5.41 Å². The Balaban J connectivity index is 2.79. The van der Waals surface area contributed by atoms with Crippen LogP contribution in [0.25, 0.3) is 0 Å². The molecule has 4 heteroatoms. The van der Waals surface area contributed by atoms with Crippen molar-refractivity contribution in [2.75, 3.05) is 26.7 Å². The third-order valence-electron chi connectivity index (χ3n) is 3.54. The summed E-state index contributed by atoms with van der Waals surface area (Å²) < 4.78 is 0. The summed E-state index contributed by atoms with van der Waals surface area (Å²) in [5, 5.41) is 0. The Kier molecular flexibility index (Phi) is 3.67. The number of hydrogen-bond acceptors (Lipinski definition) is 3. The number of likely N-dealkylation sites (N-methyl/N-ethyl adjacent to an activating group) is 1. The highest BCUT2D eigenvalue weighted by Crippen LogP contribution is 2.24. The summed E-state index contributed by atoms with van der Waals surface area (Å²) in [6.07, 6.45) is 0. The second-order valence-corrected chi connectivity index (χ2v) is 6.38. The molecule has 0 atom stereocenters. The van der Waals surface area contributed by atoms with Gasteiger partial charge in [-0.15, -0.1) is 0 Å². The van der Waals surface area contributed by atoms with Gasteiger partial charge in [-0.25, -0.2) is 0 Å². The number of hydrogen-bond donors (Lipinski definition) is 0. The van der Waals surface area contributed by atoms with E-state index in [2.05, 4.69) is 0 Å². The Hall–Kier alpha value is -0.900. The monoisotopic (exact) mass is 240 g/mol. The van der Waals surface area contributed by atoms with Crippen molar-refractivity contribution in [1.29, 1.82) is 0 Å². The first-order chi connectivity index (χ1) is 7.56. The average molecular weight is 240 g/mol. The van der Waals surface area contributed by atoms with Gasteiger partial charge in [0.05, 0.1) is 12.1 Å². The Morgan fingerprint density at radius 3 is 2.29 bits per heavy atom. The molecule has 1 saturated heterocycles. The molecule has 1 aliphatic rings. The Bertz CT molecular complexity index is 329. The number of carbonyl (C=O) groups excluding carboxylic acids is 2. The average Bonchev–Trinajstić information content (AvgIpc) is 2.18. The minimum absolute atomic E-state index is 0.0884. The molecule has 1 rings (SSSR count). The van der Waals surface area contributed by atoms with Crippen molar-refractivity contribution in [3.63, 3.8) is 0 Å². The van der Waals surface area contributed by atoms with Gasteiger partial charge < -0.3 is 4.90 Å². The molecule has 1 fully saturated rings. The van der Waals surface area contributed by atoms with Crippen molar-refractivity contribution < 1.29 is 9.59 Å². The molecule has 0 unspecified atom stereocenters. The van der Waals surface area contributed by atoms with E-state index in [9.17, 15) is 9.59 Å². The molecular formula is C13H24N2O2. The molecule has 98 valence electrons.